The van der Waals surface area contributed by atoms with E-state index in [1.165, 1.54) is 0 Å². The van der Waals surface area contributed by atoms with Gasteiger partial charge < -0.3 is 10.6 Å². The Morgan fingerprint density at radius 2 is 2.20 bits per heavy atom. The summed E-state index contributed by atoms with van der Waals surface area (Å²) in [6, 6.07) is 11.5. The van der Waals surface area contributed by atoms with Gasteiger partial charge in [0.05, 0.1) is 0 Å². The number of hydrogen-bond donors (Lipinski definition) is 2. The first kappa shape index (κ1) is 14.4. The first-order valence-corrected chi connectivity index (χ1v) is 7.58. The molecular formula is C15H17N3OS. The average molecular weight is 287 g/mol. The molecule has 0 radical (unpaired) electrons. The predicted octanol–water partition coefficient (Wildman–Crippen LogP) is 3.17. The van der Waals surface area contributed by atoms with Crippen molar-refractivity contribution in [3.8, 4) is 0 Å². The maximum absolute atomic E-state index is 11.8. The van der Waals surface area contributed by atoms with Crippen molar-refractivity contribution >= 4 is 23.5 Å². The van der Waals surface area contributed by atoms with Crippen LogP contribution in [-0.2, 0) is 6.42 Å². The molecule has 1 heterocycles. The number of nitrogens with one attached hydrogen (secondary N) is 2. The molecule has 0 bridgehead atoms. The van der Waals surface area contributed by atoms with E-state index in [-0.39, 0.29) is 6.03 Å². The molecule has 2 aromatic rings. The molecule has 0 saturated carbocycles. The van der Waals surface area contributed by atoms with Crippen LogP contribution in [0.3, 0.4) is 0 Å². The number of rotatable bonds is 5. The van der Waals surface area contributed by atoms with E-state index < -0.39 is 0 Å². The number of urea groups is 1. The van der Waals surface area contributed by atoms with Crippen LogP contribution in [0.2, 0.25) is 0 Å². The molecule has 2 N–H and O–H groups in total. The van der Waals surface area contributed by atoms with Gasteiger partial charge in [0.1, 0.15) is 0 Å². The van der Waals surface area contributed by atoms with Crippen LogP contribution in [0.25, 0.3) is 0 Å². The quantitative estimate of drug-likeness (QED) is 0.831. The SMILES string of the molecule is CSc1cccc(NC(=O)NCCc2cccnc2)c1. The maximum Gasteiger partial charge on any atom is 0.319 e. The molecule has 4 nitrogen and oxygen atoms in total. The third-order valence-electron chi connectivity index (χ3n) is 2.75. The van der Waals surface area contributed by atoms with Crippen molar-refractivity contribution in [3.63, 3.8) is 0 Å². The van der Waals surface area contributed by atoms with Crippen LogP contribution in [0.5, 0.6) is 0 Å². The molecule has 0 saturated heterocycles. The van der Waals surface area contributed by atoms with E-state index in [0.717, 1.165) is 22.6 Å². The van der Waals surface area contributed by atoms with Gasteiger partial charge in [-0.2, -0.15) is 0 Å². The van der Waals surface area contributed by atoms with Crippen molar-refractivity contribution in [3.05, 3.63) is 54.4 Å². The summed E-state index contributed by atoms with van der Waals surface area (Å²) < 4.78 is 0. The topological polar surface area (TPSA) is 54.0 Å². The molecule has 5 heteroatoms. The molecule has 0 spiro atoms. The molecular weight excluding hydrogens is 270 g/mol. The fourth-order valence-electron chi connectivity index (χ4n) is 1.74. The number of nitrogens with zero attached hydrogens (tertiary/aromatic N) is 1. The lowest BCUT2D eigenvalue weighted by atomic mass is 10.2. The number of benzene rings is 1. The lowest BCUT2D eigenvalue weighted by Gasteiger charge is -2.08. The third-order valence-corrected chi connectivity index (χ3v) is 3.47. The molecule has 1 aromatic carbocycles. The van der Waals surface area contributed by atoms with Crippen molar-refractivity contribution in [2.24, 2.45) is 0 Å². The Labute approximate surface area is 123 Å². The molecule has 0 fully saturated rings. The average Bonchev–Trinajstić information content (AvgIpc) is 2.48. The lowest BCUT2D eigenvalue weighted by Crippen LogP contribution is -2.30. The predicted molar refractivity (Wildman–Crippen MR) is 83.2 cm³/mol. The van der Waals surface area contributed by atoms with E-state index >= 15 is 0 Å². The number of hydrogen-bond acceptors (Lipinski definition) is 3. The number of anilines is 1. The van der Waals surface area contributed by atoms with Crippen molar-refractivity contribution in [1.82, 2.24) is 10.3 Å². The number of thioether (sulfide) groups is 1. The van der Waals surface area contributed by atoms with E-state index in [1.807, 2.05) is 48.9 Å². The Kier molecular flexibility index (Phi) is 5.43. The molecule has 0 aliphatic carbocycles. The first-order valence-electron chi connectivity index (χ1n) is 6.36. The third kappa shape index (κ3) is 4.59. The summed E-state index contributed by atoms with van der Waals surface area (Å²) in [7, 11) is 0. The van der Waals surface area contributed by atoms with Crippen molar-refractivity contribution in [1.29, 1.82) is 0 Å². The highest BCUT2D eigenvalue weighted by Crippen LogP contribution is 2.18. The minimum atomic E-state index is -0.188. The summed E-state index contributed by atoms with van der Waals surface area (Å²) in [5.41, 5.74) is 1.91. The molecule has 104 valence electrons. The fourth-order valence-corrected chi connectivity index (χ4v) is 2.20. The van der Waals surface area contributed by atoms with Crippen molar-refractivity contribution in [2.75, 3.05) is 18.1 Å². The molecule has 20 heavy (non-hydrogen) atoms. The number of amides is 2. The van der Waals surface area contributed by atoms with Crippen LogP contribution in [-0.4, -0.2) is 23.8 Å². The minimum Gasteiger partial charge on any atom is -0.338 e. The normalized spacial score (nSPS) is 10.1. The van der Waals surface area contributed by atoms with Gasteiger partial charge in [-0.3, -0.25) is 4.98 Å². The van der Waals surface area contributed by atoms with Gasteiger partial charge in [0.2, 0.25) is 0 Å². The molecule has 0 aliphatic heterocycles. The zero-order valence-electron chi connectivity index (χ0n) is 11.3. The minimum absolute atomic E-state index is 0.188. The standard InChI is InChI=1S/C15H17N3OS/c1-20-14-6-2-5-13(10-14)18-15(19)17-9-7-12-4-3-8-16-11-12/h2-6,8,10-11H,7,9H2,1H3,(H2,17,18,19). The van der Waals surface area contributed by atoms with Crippen LogP contribution >= 0.6 is 11.8 Å². The Balaban J connectivity index is 1.77. The molecule has 0 atom stereocenters. The van der Waals surface area contributed by atoms with Gasteiger partial charge in [-0.15, -0.1) is 11.8 Å². The highest BCUT2D eigenvalue weighted by Gasteiger charge is 2.02. The number of carbonyl (C=O) groups excluding carboxylic acids is 1. The zero-order valence-corrected chi connectivity index (χ0v) is 12.1. The molecule has 0 unspecified atom stereocenters. The summed E-state index contributed by atoms with van der Waals surface area (Å²) in [5, 5.41) is 5.66. The Morgan fingerprint density at radius 1 is 1.30 bits per heavy atom. The second-order valence-corrected chi connectivity index (χ2v) is 5.10. The Bertz CT molecular complexity index is 560. The van der Waals surface area contributed by atoms with Crippen LogP contribution in [0, 0.1) is 0 Å². The number of pyridine rings is 1. The van der Waals surface area contributed by atoms with E-state index in [2.05, 4.69) is 15.6 Å². The highest BCUT2D eigenvalue weighted by molar-refractivity contribution is 7.98. The van der Waals surface area contributed by atoms with E-state index in [9.17, 15) is 4.79 Å². The largest absolute Gasteiger partial charge is 0.338 e. The maximum atomic E-state index is 11.8. The number of carbonyl (C=O) groups is 1. The second kappa shape index (κ2) is 7.55. The highest BCUT2D eigenvalue weighted by atomic mass is 32.2. The Morgan fingerprint density at radius 3 is 2.95 bits per heavy atom. The van der Waals surface area contributed by atoms with Crippen LogP contribution in [0.1, 0.15) is 5.56 Å². The van der Waals surface area contributed by atoms with Gasteiger partial charge in [0.25, 0.3) is 0 Å². The smallest absolute Gasteiger partial charge is 0.319 e. The molecule has 1 aromatic heterocycles. The molecule has 2 rings (SSSR count). The fraction of sp³-hybridized carbons (Fsp3) is 0.200. The van der Waals surface area contributed by atoms with E-state index in [1.54, 1.807) is 18.0 Å². The summed E-state index contributed by atoms with van der Waals surface area (Å²) in [4.78, 5) is 16.9. The number of aromatic nitrogens is 1. The zero-order chi connectivity index (χ0) is 14.2. The van der Waals surface area contributed by atoms with Gasteiger partial charge in [-0.05, 0) is 42.5 Å². The summed E-state index contributed by atoms with van der Waals surface area (Å²) in [6.45, 7) is 0.583. The van der Waals surface area contributed by atoms with Gasteiger partial charge in [0.15, 0.2) is 0 Å². The van der Waals surface area contributed by atoms with Crippen molar-refractivity contribution < 1.29 is 4.79 Å². The van der Waals surface area contributed by atoms with Crippen molar-refractivity contribution in [2.45, 2.75) is 11.3 Å². The first-order chi connectivity index (χ1) is 9.78. The van der Waals surface area contributed by atoms with Gasteiger partial charge in [0, 0.05) is 29.5 Å². The lowest BCUT2D eigenvalue weighted by molar-refractivity contribution is 0.252. The van der Waals surface area contributed by atoms with Crippen LogP contribution in [0.15, 0.2) is 53.7 Å². The Hall–Kier alpha value is -2.01. The van der Waals surface area contributed by atoms with Gasteiger partial charge in [-0.1, -0.05) is 12.1 Å². The monoisotopic (exact) mass is 287 g/mol. The van der Waals surface area contributed by atoms with Gasteiger partial charge in [-0.25, -0.2) is 4.79 Å². The van der Waals surface area contributed by atoms with E-state index in [0.29, 0.717) is 6.54 Å². The summed E-state index contributed by atoms with van der Waals surface area (Å²) in [6.07, 6.45) is 6.32. The molecule has 0 aliphatic rings. The summed E-state index contributed by atoms with van der Waals surface area (Å²) in [5.74, 6) is 0. The van der Waals surface area contributed by atoms with Crippen LogP contribution in [0.4, 0.5) is 10.5 Å². The second-order valence-electron chi connectivity index (χ2n) is 4.22. The van der Waals surface area contributed by atoms with Gasteiger partial charge >= 0.3 is 6.03 Å². The van der Waals surface area contributed by atoms with Crippen LogP contribution < -0.4 is 10.6 Å². The summed E-state index contributed by atoms with van der Waals surface area (Å²) >= 11 is 1.65. The van der Waals surface area contributed by atoms with E-state index in [4.69, 9.17) is 0 Å². The molecule has 2 amide bonds.